The smallest absolute Gasteiger partial charge is 0.494 e. The highest BCUT2D eigenvalue weighted by Gasteiger charge is 2.33. The Morgan fingerprint density at radius 3 is 2.07 bits per heavy atom. The molecule has 1 heterocycles. The van der Waals surface area contributed by atoms with Crippen molar-refractivity contribution in [3.05, 3.63) is 36.1 Å². The van der Waals surface area contributed by atoms with Crippen molar-refractivity contribution in [2.45, 2.75) is 98.8 Å². The first-order valence-electron chi connectivity index (χ1n) is 17.6. The fourth-order valence-electron chi connectivity index (χ4n) is 4.95. The normalized spacial score (nSPS) is 12.4. The summed E-state index contributed by atoms with van der Waals surface area (Å²) in [5.41, 5.74) is 0.264. The van der Waals surface area contributed by atoms with Gasteiger partial charge in [-0.25, -0.2) is 14.7 Å². The van der Waals surface area contributed by atoms with E-state index in [1.807, 2.05) is 6.92 Å². The molecule has 0 saturated carbocycles. The molecule has 54 heavy (non-hydrogen) atoms. The third-order valence-electron chi connectivity index (χ3n) is 7.39. The SMILES string of the molecule is CCCCC[C@@H](C(=O)NCNC(=O)c1ccc(-c2cc(OCC)cc(P(=O)(OCOC(=O)OC(C)C)OCOC(=O)OC(C)C)c2)o1)[C@@H](CC)N(O)C=O. The van der Waals surface area contributed by atoms with Gasteiger partial charge < -0.3 is 38.7 Å². The maximum absolute atomic E-state index is 14.2. The molecule has 2 rings (SSSR count). The predicted molar refractivity (Wildman–Crippen MR) is 192 cm³/mol. The third kappa shape index (κ3) is 15.0. The highest BCUT2D eigenvalue weighted by Crippen LogP contribution is 2.48. The maximum atomic E-state index is 14.2. The van der Waals surface area contributed by atoms with Crippen LogP contribution in [0.25, 0.3) is 11.3 Å². The first-order chi connectivity index (χ1) is 25.7. The molecule has 0 bridgehead atoms. The average Bonchev–Trinajstić information content (AvgIpc) is 3.61. The standard InChI is InChI=1S/C35H52N3O15P/c1-8-11-12-13-28(29(9-2)38(44)20-39)32(40)36-19-37-33(41)31-15-14-30(53-31)25-16-26(46-10-3)18-27(17-25)54(45,49-21-47-34(42)51-23(4)5)50-22-48-35(43)52-24(6)7/h14-18,20,23-24,28-29,44H,8-13,19,21-22H2,1-7H3,(H,36,40)(H,37,41)/t28-,29-/m1/s1. The Bertz CT molecular complexity index is 1530. The van der Waals surface area contributed by atoms with Crippen LogP contribution < -0.4 is 20.7 Å². The van der Waals surface area contributed by atoms with Crippen LogP contribution in [0.2, 0.25) is 0 Å². The number of unbranched alkanes of at least 4 members (excludes halogenated alkanes) is 2. The van der Waals surface area contributed by atoms with Crippen molar-refractivity contribution in [2.24, 2.45) is 5.92 Å². The Hall–Kier alpha value is -4.64. The summed E-state index contributed by atoms with van der Waals surface area (Å²) >= 11 is 0. The van der Waals surface area contributed by atoms with Crippen LogP contribution in [0.5, 0.6) is 5.75 Å². The summed E-state index contributed by atoms with van der Waals surface area (Å²) < 4.78 is 56.0. The van der Waals surface area contributed by atoms with Gasteiger partial charge in [0.05, 0.1) is 42.7 Å². The summed E-state index contributed by atoms with van der Waals surface area (Å²) in [5.74, 6) is -1.65. The predicted octanol–water partition coefficient (Wildman–Crippen LogP) is 5.86. The quantitative estimate of drug-likeness (QED) is 0.0215. The van der Waals surface area contributed by atoms with Gasteiger partial charge in [-0.2, -0.15) is 0 Å². The number of hydrogen-bond acceptors (Lipinski definition) is 15. The van der Waals surface area contributed by atoms with E-state index in [9.17, 15) is 33.7 Å². The Labute approximate surface area is 314 Å². The van der Waals surface area contributed by atoms with E-state index in [4.69, 9.17) is 37.1 Å². The maximum Gasteiger partial charge on any atom is 0.510 e. The first kappa shape index (κ1) is 45.5. The number of carbonyl (C=O) groups excluding carboxylic acids is 5. The van der Waals surface area contributed by atoms with E-state index in [0.717, 1.165) is 12.8 Å². The molecule has 0 aliphatic heterocycles. The van der Waals surface area contributed by atoms with E-state index in [0.29, 0.717) is 24.3 Å². The number of hydroxylamine groups is 2. The topological polar surface area (TPSA) is 228 Å². The Morgan fingerprint density at radius 1 is 0.907 bits per heavy atom. The van der Waals surface area contributed by atoms with Crippen LogP contribution in [0.15, 0.2) is 34.7 Å². The summed E-state index contributed by atoms with van der Waals surface area (Å²) in [7, 11) is -4.47. The molecule has 0 unspecified atom stereocenters. The molecule has 3 N–H and O–H groups in total. The van der Waals surface area contributed by atoms with E-state index >= 15 is 0 Å². The number of rotatable bonds is 24. The Morgan fingerprint density at radius 2 is 1.54 bits per heavy atom. The Kier molecular flexibility index (Phi) is 19.6. The molecule has 0 fully saturated rings. The second kappa shape index (κ2) is 23.2. The minimum atomic E-state index is -4.47. The second-order valence-corrected chi connectivity index (χ2v) is 14.2. The van der Waals surface area contributed by atoms with Gasteiger partial charge in [-0.1, -0.05) is 33.1 Å². The lowest BCUT2D eigenvalue weighted by molar-refractivity contribution is -0.168. The van der Waals surface area contributed by atoms with Crippen molar-refractivity contribution in [1.29, 1.82) is 0 Å². The molecule has 3 amide bonds. The largest absolute Gasteiger partial charge is 0.510 e. The fourth-order valence-corrected chi connectivity index (χ4v) is 6.29. The van der Waals surface area contributed by atoms with Gasteiger partial charge in [-0.05, 0) is 77.8 Å². The van der Waals surface area contributed by atoms with Crippen molar-refractivity contribution in [1.82, 2.24) is 15.7 Å². The van der Waals surface area contributed by atoms with Gasteiger partial charge in [0.25, 0.3) is 5.91 Å². The van der Waals surface area contributed by atoms with Gasteiger partial charge in [-0.3, -0.25) is 33.2 Å². The van der Waals surface area contributed by atoms with Crippen LogP contribution in [0.4, 0.5) is 9.59 Å². The first-order valence-corrected chi connectivity index (χ1v) is 19.1. The van der Waals surface area contributed by atoms with Crippen molar-refractivity contribution in [3.8, 4) is 17.1 Å². The average molecular weight is 786 g/mol. The monoisotopic (exact) mass is 785 g/mol. The zero-order valence-electron chi connectivity index (χ0n) is 31.7. The highest BCUT2D eigenvalue weighted by molar-refractivity contribution is 7.62. The van der Waals surface area contributed by atoms with Crippen LogP contribution in [0.1, 0.15) is 91.1 Å². The number of benzene rings is 1. The minimum Gasteiger partial charge on any atom is -0.494 e. The molecule has 19 heteroatoms. The third-order valence-corrected chi connectivity index (χ3v) is 9.17. The lowest BCUT2D eigenvalue weighted by Gasteiger charge is -2.29. The highest BCUT2D eigenvalue weighted by atomic mass is 31.2. The summed E-state index contributed by atoms with van der Waals surface area (Å²) in [4.78, 5) is 61.2. The molecule has 2 atom stereocenters. The summed E-state index contributed by atoms with van der Waals surface area (Å²) in [6, 6.07) is 6.34. The van der Waals surface area contributed by atoms with Crippen LogP contribution in [0, 0.1) is 5.92 Å². The van der Waals surface area contributed by atoms with Gasteiger partial charge in [0.1, 0.15) is 11.5 Å². The van der Waals surface area contributed by atoms with Crippen molar-refractivity contribution in [3.63, 3.8) is 0 Å². The van der Waals surface area contributed by atoms with E-state index in [2.05, 4.69) is 10.6 Å². The van der Waals surface area contributed by atoms with Gasteiger partial charge in [0, 0.05) is 5.56 Å². The number of ether oxygens (including phenoxy) is 5. The lowest BCUT2D eigenvalue weighted by atomic mass is 9.90. The number of amides is 3. The van der Waals surface area contributed by atoms with Gasteiger partial charge in [-0.15, -0.1) is 0 Å². The molecule has 0 saturated heterocycles. The van der Waals surface area contributed by atoms with E-state index in [1.54, 1.807) is 41.5 Å². The van der Waals surface area contributed by atoms with Crippen molar-refractivity contribution in [2.75, 3.05) is 26.9 Å². The molecule has 0 spiro atoms. The molecule has 302 valence electrons. The number of furan rings is 1. The number of hydrogen-bond donors (Lipinski definition) is 3. The van der Waals surface area contributed by atoms with Gasteiger partial charge in [0.2, 0.25) is 25.9 Å². The molecular formula is C35H52N3O15P. The molecule has 18 nitrogen and oxygen atoms in total. The molecule has 0 aliphatic rings. The van der Waals surface area contributed by atoms with E-state index < -0.39 is 69.5 Å². The summed E-state index contributed by atoms with van der Waals surface area (Å²) in [5, 5.41) is 15.6. The summed E-state index contributed by atoms with van der Waals surface area (Å²) in [6.45, 7) is 10.1. The molecule has 2 aromatic rings. The fraction of sp³-hybridized carbons (Fsp3) is 0.571. The zero-order valence-corrected chi connectivity index (χ0v) is 32.6. The van der Waals surface area contributed by atoms with Gasteiger partial charge in [0.15, 0.2) is 5.76 Å². The molecule has 1 aromatic carbocycles. The molecule has 0 radical (unpaired) electrons. The second-order valence-electron chi connectivity index (χ2n) is 12.2. The molecular weight excluding hydrogens is 733 g/mol. The minimum absolute atomic E-state index is 0.120. The number of nitrogens with zero attached hydrogens (tertiary/aromatic N) is 1. The lowest BCUT2D eigenvalue weighted by Crippen LogP contribution is -2.47. The van der Waals surface area contributed by atoms with Crippen LogP contribution in [0.3, 0.4) is 0 Å². The number of nitrogens with one attached hydrogen (secondary N) is 2. The summed E-state index contributed by atoms with van der Waals surface area (Å²) in [6.07, 6.45) is 0.329. The van der Waals surface area contributed by atoms with E-state index in [1.165, 1.54) is 30.3 Å². The van der Waals surface area contributed by atoms with Crippen molar-refractivity contribution < 1.29 is 70.9 Å². The molecule has 0 aliphatic carbocycles. The Balaban J connectivity index is 2.29. The van der Waals surface area contributed by atoms with Crippen LogP contribution >= 0.6 is 7.60 Å². The van der Waals surface area contributed by atoms with Crippen LogP contribution in [-0.4, -0.2) is 85.9 Å². The molecule has 1 aromatic heterocycles. The zero-order chi connectivity index (χ0) is 40.3. The van der Waals surface area contributed by atoms with Crippen LogP contribution in [-0.2, 0) is 42.1 Å². The van der Waals surface area contributed by atoms with E-state index in [-0.39, 0.29) is 47.8 Å². The van der Waals surface area contributed by atoms with Crippen molar-refractivity contribution >= 4 is 43.4 Å². The van der Waals surface area contributed by atoms with Gasteiger partial charge >= 0.3 is 19.9 Å². The number of carbonyl (C=O) groups is 5.